The van der Waals surface area contributed by atoms with Crippen molar-refractivity contribution in [3.05, 3.63) is 88.8 Å². The van der Waals surface area contributed by atoms with E-state index >= 15 is 0 Å². The number of H-pyrrole nitrogens is 1. The molecule has 3 aromatic rings. The molecule has 0 spiro atoms. The number of nitrogens with one attached hydrogen (secondary N) is 1. The Labute approximate surface area is 161 Å². The van der Waals surface area contributed by atoms with Gasteiger partial charge < -0.3 is 4.43 Å². The fourth-order valence-corrected chi connectivity index (χ4v) is 8.15. The van der Waals surface area contributed by atoms with Gasteiger partial charge in [-0.3, -0.25) is 4.79 Å². The minimum absolute atomic E-state index is 0.0475. The van der Waals surface area contributed by atoms with Gasteiger partial charge in [0.05, 0.1) is 5.69 Å². The summed E-state index contributed by atoms with van der Waals surface area (Å²) in [7, 11) is -2.51. The van der Waals surface area contributed by atoms with Gasteiger partial charge in [-0.2, -0.15) is 5.10 Å². The Balaban J connectivity index is 1.98. The second-order valence-corrected chi connectivity index (χ2v) is 12.0. The predicted molar refractivity (Wildman–Crippen MR) is 112 cm³/mol. The minimum Gasteiger partial charge on any atom is -0.407 e. The molecule has 0 aliphatic heterocycles. The highest BCUT2D eigenvalue weighted by Crippen LogP contribution is 2.36. The summed E-state index contributed by atoms with van der Waals surface area (Å²) in [6.07, 6.45) is 0.654. The average Bonchev–Trinajstić information content (AvgIpc) is 2.67. The third kappa shape index (κ3) is 4.09. The van der Waals surface area contributed by atoms with E-state index in [-0.39, 0.29) is 10.6 Å². The molecule has 1 N–H and O–H groups in total. The number of aromatic amines is 1. The molecule has 0 bridgehead atoms. The van der Waals surface area contributed by atoms with Gasteiger partial charge in [0.25, 0.3) is 13.9 Å². The largest absolute Gasteiger partial charge is 0.407 e. The highest BCUT2D eigenvalue weighted by molar-refractivity contribution is 6.99. The molecule has 5 heteroatoms. The van der Waals surface area contributed by atoms with Crippen LogP contribution in [0.1, 0.15) is 26.5 Å². The number of hydrogen-bond donors (Lipinski definition) is 1. The van der Waals surface area contributed by atoms with Crippen LogP contribution in [0.4, 0.5) is 0 Å². The summed E-state index contributed by atoms with van der Waals surface area (Å²) in [6.45, 7) is 7.33. The van der Waals surface area contributed by atoms with Crippen LogP contribution < -0.4 is 15.9 Å². The molecule has 1 aromatic heterocycles. The monoisotopic (exact) mass is 378 g/mol. The average molecular weight is 379 g/mol. The second kappa shape index (κ2) is 8.02. The van der Waals surface area contributed by atoms with Gasteiger partial charge in [-0.15, -0.1) is 0 Å². The van der Waals surface area contributed by atoms with Crippen molar-refractivity contribution in [2.75, 3.05) is 6.61 Å². The van der Waals surface area contributed by atoms with E-state index < -0.39 is 8.32 Å². The molecule has 0 atom stereocenters. The second-order valence-electron chi connectivity index (χ2n) is 7.67. The molecule has 0 aliphatic rings. The van der Waals surface area contributed by atoms with Crippen LogP contribution >= 0.6 is 0 Å². The zero-order chi connectivity index (χ0) is 19.3. The third-order valence-electron chi connectivity index (χ3n) is 4.83. The first-order valence-electron chi connectivity index (χ1n) is 9.23. The summed E-state index contributed by atoms with van der Waals surface area (Å²) in [5, 5.41) is 9.07. The molecule has 0 aliphatic carbocycles. The molecule has 0 fully saturated rings. The summed E-state index contributed by atoms with van der Waals surface area (Å²) < 4.78 is 6.81. The SMILES string of the molecule is CC(C)(C)[Si](OCCc1ccc(=O)[nH]n1)(c1ccccc1)c1ccccc1. The smallest absolute Gasteiger partial charge is 0.264 e. The molecule has 27 heavy (non-hydrogen) atoms. The molecule has 0 radical (unpaired) electrons. The van der Waals surface area contributed by atoms with Crippen molar-refractivity contribution in [2.45, 2.75) is 32.2 Å². The fourth-order valence-electron chi connectivity index (χ4n) is 3.58. The van der Waals surface area contributed by atoms with E-state index in [4.69, 9.17) is 4.43 Å². The Kier molecular flexibility index (Phi) is 5.73. The van der Waals surface area contributed by atoms with Gasteiger partial charge >= 0.3 is 0 Å². The quantitative estimate of drug-likeness (QED) is 0.671. The number of aromatic nitrogens is 2. The van der Waals surface area contributed by atoms with Crippen LogP contribution in [-0.2, 0) is 10.8 Å². The zero-order valence-electron chi connectivity index (χ0n) is 16.1. The van der Waals surface area contributed by atoms with E-state index in [1.54, 1.807) is 6.07 Å². The summed E-state index contributed by atoms with van der Waals surface area (Å²) in [5.41, 5.74) is 0.638. The van der Waals surface area contributed by atoms with Crippen molar-refractivity contribution in [3.8, 4) is 0 Å². The van der Waals surface area contributed by atoms with Gasteiger partial charge in [0, 0.05) is 19.1 Å². The molecule has 2 aromatic carbocycles. The summed E-state index contributed by atoms with van der Waals surface area (Å²) in [4.78, 5) is 11.2. The lowest BCUT2D eigenvalue weighted by Gasteiger charge is -2.43. The summed E-state index contributed by atoms with van der Waals surface area (Å²) >= 11 is 0. The number of rotatable bonds is 6. The molecule has 140 valence electrons. The lowest BCUT2D eigenvalue weighted by Crippen LogP contribution is -2.66. The van der Waals surface area contributed by atoms with Crippen LogP contribution in [-0.4, -0.2) is 25.1 Å². The standard InChI is InChI=1S/C22H26N2O2Si/c1-22(2,3)27(19-10-6-4-7-11-19,20-12-8-5-9-13-20)26-17-16-18-14-15-21(25)24-23-18/h4-15H,16-17H2,1-3H3,(H,24,25). The van der Waals surface area contributed by atoms with E-state index in [2.05, 4.69) is 79.5 Å². The molecule has 0 amide bonds. The third-order valence-corrected chi connectivity index (χ3v) is 9.87. The van der Waals surface area contributed by atoms with Gasteiger partial charge in [0.15, 0.2) is 0 Å². The molecule has 4 nitrogen and oxygen atoms in total. The van der Waals surface area contributed by atoms with Crippen LogP contribution in [0.25, 0.3) is 0 Å². The van der Waals surface area contributed by atoms with Crippen LogP contribution in [0.2, 0.25) is 5.04 Å². The highest BCUT2D eigenvalue weighted by atomic mass is 28.4. The molecular weight excluding hydrogens is 352 g/mol. The minimum atomic E-state index is -2.51. The first-order valence-corrected chi connectivity index (χ1v) is 11.1. The number of benzene rings is 2. The van der Waals surface area contributed by atoms with Crippen LogP contribution in [0, 0.1) is 0 Å². The molecule has 0 unspecified atom stereocenters. The van der Waals surface area contributed by atoms with Crippen molar-refractivity contribution in [1.82, 2.24) is 10.2 Å². The lowest BCUT2D eigenvalue weighted by molar-refractivity contribution is 0.300. The van der Waals surface area contributed by atoms with Crippen molar-refractivity contribution in [3.63, 3.8) is 0 Å². The summed E-state index contributed by atoms with van der Waals surface area (Å²) in [5.74, 6) is 0. The van der Waals surface area contributed by atoms with E-state index in [9.17, 15) is 4.79 Å². The first-order chi connectivity index (χ1) is 12.9. The van der Waals surface area contributed by atoms with Gasteiger partial charge in [-0.25, -0.2) is 5.10 Å². The van der Waals surface area contributed by atoms with Crippen LogP contribution in [0.15, 0.2) is 77.6 Å². The Morgan fingerprint density at radius 2 is 1.44 bits per heavy atom. The van der Waals surface area contributed by atoms with Gasteiger partial charge in [0.1, 0.15) is 0 Å². The lowest BCUT2D eigenvalue weighted by atomic mass is 10.2. The molecule has 3 rings (SSSR count). The Hall–Kier alpha value is -2.50. The van der Waals surface area contributed by atoms with E-state index in [0.29, 0.717) is 13.0 Å². The predicted octanol–water partition coefficient (Wildman–Crippen LogP) is 2.89. The number of hydrogen-bond acceptors (Lipinski definition) is 3. The highest BCUT2D eigenvalue weighted by Gasteiger charge is 2.49. The Morgan fingerprint density at radius 1 is 0.889 bits per heavy atom. The van der Waals surface area contributed by atoms with Crippen molar-refractivity contribution < 1.29 is 4.43 Å². The first kappa shape index (κ1) is 19.3. The maximum atomic E-state index is 11.2. The molecule has 0 saturated heterocycles. The van der Waals surface area contributed by atoms with E-state index in [1.807, 2.05) is 12.1 Å². The van der Waals surface area contributed by atoms with Crippen molar-refractivity contribution in [2.24, 2.45) is 0 Å². The van der Waals surface area contributed by atoms with Gasteiger partial charge in [0.2, 0.25) is 0 Å². The molecular formula is C22H26N2O2Si. The fraction of sp³-hybridized carbons (Fsp3) is 0.273. The maximum Gasteiger partial charge on any atom is 0.264 e. The maximum absolute atomic E-state index is 11.2. The van der Waals surface area contributed by atoms with Crippen LogP contribution in [0.5, 0.6) is 0 Å². The Morgan fingerprint density at radius 3 is 1.89 bits per heavy atom. The summed E-state index contributed by atoms with van der Waals surface area (Å²) in [6, 6.07) is 24.4. The van der Waals surface area contributed by atoms with Crippen LogP contribution in [0.3, 0.4) is 0 Å². The topological polar surface area (TPSA) is 55.0 Å². The zero-order valence-corrected chi connectivity index (χ0v) is 17.1. The van der Waals surface area contributed by atoms with E-state index in [1.165, 1.54) is 16.4 Å². The molecule has 0 saturated carbocycles. The van der Waals surface area contributed by atoms with Crippen molar-refractivity contribution in [1.29, 1.82) is 0 Å². The molecule has 1 heterocycles. The van der Waals surface area contributed by atoms with Gasteiger partial charge in [-0.1, -0.05) is 81.4 Å². The van der Waals surface area contributed by atoms with E-state index in [0.717, 1.165) is 5.69 Å². The van der Waals surface area contributed by atoms with Gasteiger partial charge in [-0.05, 0) is 21.5 Å². The Bertz CT molecular complexity index is 858. The number of nitrogens with zero attached hydrogens (tertiary/aromatic N) is 1. The van der Waals surface area contributed by atoms with Crippen molar-refractivity contribution >= 4 is 18.7 Å². The normalized spacial score (nSPS) is 12.1.